The Morgan fingerprint density at radius 1 is 1.40 bits per heavy atom. The van der Waals surface area contributed by atoms with Gasteiger partial charge in [0, 0.05) is 0 Å². The van der Waals surface area contributed by atoms with Crippen molar-refractivity contribution in [3.05, 3.63) is 6.42 Å². The van der Waals surface area contributed by atoms with Crippen molar-refractivity contribution in [1.29, 1.82) is 0 Å². The summed E-state index contributed by atoms with van der Waals surface area (Å²) in [5.41, 5.74) is 0. The molecule has 1 fully saturated rings. The Balaban J connectivity index is 0. The molecule has 0 atom stereocenters. The van der Waals surface area contributed by atoms with Crippen LogP contribution in [0.4, 0.5) is 0 Å². The SMILES string of the molecule is CC.CCN1C[CH-]CC1.[Rb+]. The van der Waals surface area contributed by atoms with Crippen LogP contribution in [0, 0.1) is 6.42 Å². The van der Waals surface area contributed by atoms with Crippen molar-refractivity contribution < 1.29 is 58.2 Å². The van der Waals surface area contributed by atoms with Crippen LogP contribution in [-0.4, -0.2) is 24.5 Å². The molecule has 0 saturated carbocycles. The third-order valence-corrected chi connectivity index (χ3v) is 1.48. The fourth-order valence-corrected chi connectivity index (χ4v) is 0.926. The van der Waals surface area contributed by atoms with E-state index in [1.807, 2.05) is 13.8 Å². The van der Waals surface area contributed by atoms with Crippen LogP contribution in [0.3, 0.4) is 0 Å². The molecule has 1 nitrogen and oxygen atoms in total. The first-order valence-electron chi connectivity index (χ1n) is 3.97. The molecule has 0 aromatic heterocycles. The molecule has 0 amide bonds. The number of hydrogen-bond acceptors (Lipinski definition) is 1. The molecule has 1 aliphatic heterocycles. The molecule has 2 heteroatoms. The molecule has 0 spiro atoms. The van der Waals surface area contributed by atoms with E-state index in [0.29, 0.717) is 0 Å². The van der Waals surface area contributed by atoms with Gasteiger partial charge in [0.15, 0.2) is 0 Å². The van der Waals surface area contributed by atoms with Crippen molar-refractivity contribution >= 4 is 0 Å². The number of likely N-dealkylation sites (tertiary alicyclic amines) is 1. The Hall–Kier alpha value is 1.77. The summed E-state index contributed by atoms with van der Waals surface area (Å²) in [6, 6.07) is 0. The smallest absolute Gasteiger partial charge is 0.335 e. The molecule has 0 unspecified atom stereocenters. The van der Waals surface area contributed by atoms with Gasteiger partial charge in [-0.1, -0.05) is 20.8 Å². The second-order valence-corrected chi connectivity index (χ2v) is 1.97. The molecule has 0 radical (unpaired) electrons. The van der Waals surface area contributed by atoms with Crippen LogP contribution < -0.4 is 58.2 Å². The molecule has 0 aliphatic carbocycles. The van der Waals surface area contributed by atoms with Crippen molar-refractivity contribution in [3.63, 3.8) is 0 Å². The van der Waals surface area contributed by atoms with E-state index in [1.54, 1.807) is 0 Å². The van der Waals surface area contributed by atoms with E-state index in [0.717, 1.165) is 0 Å². The summed E-state index contributed by atoms with van der Waals surface area (Å²) in [7, 11) is 0. The van der Waals surface area contributed by atoms with Gasteiger partial charge < -0.3 is 11.3 Å². The van der Waals surface area contributed by atoms with E-state index in [2.05, 4.69) is 18.2 Å². The molecular weight excluding hydrogens is 196 g/mol. The van der Waals surface area contributed by atoms with Gasteiger partial charge in [0.2, 0.25) is 0 Å². The van der Waals surface area contributed by atoms with Crippen LogP contribution in [0.5, 0.6) is 0 Å². The third kappa shape index (κ3) is 6.47. The Morgan fingerprint density at radius 2 is 2.00 bits per heavy atom. The molecule has 0 aromatic carbocycles. The van der Waals surface area contributed by atoms with Gasteiger partial charge in [-0.15, -0.1) is 6.54 Å². The van der Waals surface area contributed by atoms with Crippen LogP contribution in [0.25, 0.3) is 0 Å². The van der Waals surface area contributed by atoms with E-state index >= 15 is 0 Å². The van der Waals surface area contributed by atoms with E-state index in [1.165, 1.54) is 26.1 Å². The van der Waals surface area contributed by atoms with Crippen LogP contribution in [0.1, 0.15) is 27.2 Å². The molecule has 10 heavy (non-hydrogen) atoms. The van der Waals surface area contributed by atoms with Gasteiger partial charge in [0.1, 0.15) is 0 Å². The fraction of sp³-hybridized carbons (Fsp3) is 0.875. The summed E-state index contributed by atoms with van der Waals surface area (Å²) in [6.07, 6.45) is 3.64. The quantitative estimate of drug-likeness (QED) is 0.503. The third-order valence-electron chi connectivity index (χ3n) is 1.48. The summed E-state index contributed by atoms with van der Waals surface area (Å²) in [6.45, 7) is 9.93. The largest absolute Gasteiger partial charge is 1.00 e. The van der Waals surface area contributed by atoms with E-state index in [-0.39, 0.29) is 58.2 Å². The molecule has 1 rings (SSSR count). The minimum atomic E-state index is 0. The molecule has 0 bridgehead atoms. The minimum absolute atomic E-state index is 0. The zero-order chi connectivity index (χ0) is 7.11. The van der Waals surface area contributed by atoms with Crippen molar-refractivity contribution in [2.75, 3.05) is 19.6 Å². The van der Waals surface area contributed by atoms with E-state index in [4.69, 9.17) is 0 Å². The van der Waals surface area contributed by atoms with Crippen LogP contribution in [0.15, 0.2) is 0 Å². The monoisotopic (exact) mass is 213 g/mol. The van der Waals surface area contributed by atoms with E-state index < -0.39 is 0 Å². The molecule has 56 valence electrons. The predicted octanol–water partition coefficient (Wildman–Crippen LogP) is -1.05. The summed E-state index contributed by atoms with van der Waals surface area (Å²) in [5.74, 6) is 0. The van der Waals surface area contributed by atoms with Crippen LogP contribution in [0.2, 0.25) is 0 Å². The van der Waals surface area contributed by atoms with E-state index in [9.17, 15) is 0 Å². The normalized spacial score (nSPS) is 17.1. The Bertz CT molecular complexity index is 51.2. The molecule has 1 saturated heterocycles. The first-order chi connectivity index (χ1) is 4.43. The van der Waals surface area contributed by atoms with Crippen molar-refractivity contribution in [1.82, 2.24) is 4.90 Å². The molecule has 0 aromatic rings. The molecular formula is C8H18NRb. The standard InChI is InChI=1S/C6H12N.C2H6.Rb/c1-2-7-5-3-4-6-7;1-2;/h3H,2,4-6H2,1H3;1-2H3;/q-1;;+1. The number of rotatable bonds is 1. The van der Waals surface area contributed by atoms with Gasteiger partial charge in [-0.2, -0.15) is 6.42 Å². The predicted molar refractivity (Wildman–Crippen MR) is 42.4 cm³/mol. The van der Waals surface area contributed by atoms with Crippen molar-refractivity contribution in [2.45, 2.75) is 27.2 Å². The Labute approximate surface area is 114 Å². The van der Waals surface area contributed by atoms with Crippen LogP contribution in [-0.2, 0) is 0 Å². The first kappa shape index (κ1) is 14.3. The van der Waals surface area contributed by atoms with Crippen molar-refractivity contribution in [3.8, 4) is 0 Å². The Kier molecular flexibility index (Phi) is 15.4. The average Bonchev–Trinajstić information content (AvgIpc) is 2.43. The second kappa shape index (κ2) is 10.8. The fourth-order valence-electron chi connectivity index (χ4n) is 0.926. The maximum Gasteiger partial charge on any atom is 1.00 e. The van der Waals surface area contributed by atoms with Gasteiger partial charge in [0.25, 0.3) is 0 Å². The zero-order valence-electron chi connectivity index (χ0n) is 7.85. The number of nitrogens with zero attached hydrogens (tertiary/aromatic N) is 1. The van der Waals surface area contributed by atoms with Gasteiger partial charge in [-0.05, 0) is 13.1 Å². The maximum atomic E-state index is 2.43. The van der Waals surface area contributed by atoms with Crippen LogP contribution >= 0.6 is 0 Å². The first-order valence-corrected chi connectivity index (χ1v) is 3.97. The molecule has 0 N–H and O–H groups in total. The summed E-state index contributed by atoms with van der Waals surface area (Å²) >= 11 is 0. The van der Waals surface area contributed by atoms with Gasteiger partial charge in [-0.3, -0.25) is 0 Å². The zero-order valence-corrected chi connectivity index (χ0v) is 12.8. The van der Waals surface area contributed by atoms with Gasteiger partial charge in [-0.25, -0.2) is 0 Å². The van der Waals surface area contributed by atoms with Gasteiger partial charge >= 0.3 is 58.2 Å². The second-order valence-electron chi connectivity index (χ2n) is 1.97. The Morgan fingerprint density at radius 3 is 2.20 bits per heavy atom. The summed E-state index contributed by atoms with van der Waals surface area (Å²) < 4.78 is 0. The molecule has 1 aliphatic rings. The minimum Gasteiger partial charge on any atom is -0.335 e. The average molecular weight is 214 g/mol. The molecule has 1 heterocycles. The maximum absolute atomic E-state index is 2.43. The number of hydrogen-bond donors (Lipinski definition) is 0. The van der Waals surface area contributed by atoms with Crippen molar-refractivity contribution in [2.24, 2.45) is 0 Å². The topological polar surface area (TPSA) is 3.24 Å². The van der Waals surface area contributed by atoms with Gasteiger partial charge in [0.05, 0.1) is 0 Å². The summed E-state index contributed by atoms with van der Waals surface area (Å²) in [4.78, 5) is 2.43. The summed E-state index contributed by atoms with van der Waals surface area (Å²) in [5, 5.41) is 0.